The van der Waals surface area contributed by atoms with Crippen LogP contribution in [0, 0.1) is 11.3 Å². The predicted octanol–water partition coefficient (Wildman–Crippen LogP) is 4.06. The fraction of sp³-hybridized carbons (Fsp3) is 1.00. The highest BCUT2D eigenvalue weighted by atomic mass is 15.2. The third-order valence-electron chi connectivity index (χ3n) is 5.38. The van der Waals surface area contributed by atoms with Crippen LogP contribution in [0.2, 0.25) is 0 Å². The first-order valence-electron chi connectivity index (χ1n) is 8.97. The Morgan fingerprint density at radius 1 is 1.10 bits per heavy atom. The lowest BCUT2D eigenvalue weighted by Gasteiger charge is -2.45. The molecule has 2 heteroatoms. The fourth-order valence-corrected chi connectivity index (χ4v) is 3.89. The molecule has 0 spiro atoms. The van der Waals surface area contributed by atoms with Crippen molar-refractivity contribution in [1.82, 2.24) is 10.2 Å². The van der Waals surface area contributed by atoms with Crippen molar-refractivity contribution in [2.75, 3.05) is 19.6 Å². The second-order valence-electron chi connectivity index (χ2n) is 8.28. The number of hydrogen-bond donors (Lipinski definition) is 1. The van der Waals surface area contributed by atoms with Gasteiger partial charge in [0.15, 0.2) is 0 Å². The quantitative estimate of drug-likeness (QED) is 0.835. The van der Waals surface area contributed by atoms with E-state index in [-0.39, 0.29) is 0 Å². The molecule has 1 aliphatic carbocycles. The van der Waals surface area contributed by atoms with Crippen molar-refractivity contribution < 1.29 is 0 Å². The Hall–Kier alpha value is -0.0800. The summed E-state index contributed by atoms with van der Waals surface area (Å²) in [7, 11) is 0. The van der Waals surface area contributed by atoms with Crippen LogP contribution < -0.4 is 5.32 Å². The molecule has 1 N–H and O–H groups in total. The van der Waals surface area contributed by atoms with E-state index in [0.29, 0.717) is 5.41 Å². The molecular formula is C18H36N2. The van der Waals surface area contributed by atoms with Gasteiger partial charge in [0.1, 0.15) is 0 Å². The van der Waals surface area contributed by atoms with Crippen LogP contribution in [0.3, 0.4) is 0 Å². The molecule has 1 saturated heterocycles. The molecule has 20 heavy (non-hydrogen) atoms. The van der Waals surface area contributed by atoms with Gasteiger partial charge in [-0.3, -0.25) is 4.90 Å². The summed E-state index contributed by atoms with van der Waals surface area (Å²) in [6, 6.07) is 1.52. The summed E-state index contributed by atoms with van der Waals surface area (Å²) in [5.74, 6) is 0.953. The van der Waals surface area contributed by atoms with Gasteiger partial charge in [-0.2, -0.15) is 0 Å². The summed E-state index contributed by atoms with van der Waals surface area (Å²) >= 11 is 0. The maximum absolute atomic E-state index is 3.80. The molecule has 0 amide bonds. The highest BCUT2D eigenvalue weighted by Gasteiger charge is 2.33. The number of nitrogens with zero attached hydrogens (tertiary/aromatic N) is 1. The van der Waals surface area contributed by atoms with Gasteiger partial charge in [-0.25, -0.2) is 0 Å². The van der Waals surface area contributed by atoms with Gasteiger partial charge in [-0.15, -0.1) is 0 Å². The van der Waals surface area contributed by atoms with E-state index in [1.54, 1.807) is 0 Å². The van der Waals surface area contributed by atoms with Gasteiger partial charge in [0.25, 0.3) is 0 Å². The van der Waals surface area contributed by atoms with Crippen LogP contribution in [0.5, 0.6) is 0 Å². The molecule has 2 atom stereocenters. The van der Waals surface area contributed by atoms with E-state index >= 15 is 0 Å². The molecule has 1 saturated carbocycles. The molecule has 0 aromatic heterocycles. The molecular weight excluding hydrogens is 244 g/mol. The fourth-order valence-electron chi connectivity index (χ4n) is 3.89. The average molecular weight is 280 g/mol. The van der Waals surface area contributed by atoms with Crippen molar-refractivity contribution in [2.24, 2.45) is 11.3 Å². The van der Waals surface area contributed by atoms with Gasteiger partial charge >= 0.3 is 0 Å². The van der Waals surface area contributed by atoms with Gasteiger partial charge in [0, 0.05) is 25.2 Å². The summed E-state index contributed by atoms with van der Waals surface area (Å²) in [5.41, 5.74) is 0.462. The normalized spacial score (nSPS) is 30.6. The Morgan fingerprint density at radius 3 is 2.40 bits per heavy atom. The van der Waals surface area contributed by atoms with Gasteiger partial charge < -0.3 is 5.32 Å². The molecule has 0 radical (unpaired) electrons. The van der Waals surface area contributed by atoms with E-state index in [1.165, 1.54) is 64.6 Å². The number of hydrogen-bond acceptors (Lipinski definition) is 2. The standard InChI is InChI=1S/C18H36N2/c1-5-16-14-20(12-11-18(2,3)4)17(13-19-16)15-9-7-6-8-10-15/h15-17,19H,5-14H2,1-4H3. The molecule has 0 aromatic carbocycles. The maximum Gasteiger partial charge on any atom is 0.0249 e. The molecule has 0 aromatic rings. The first kappa shape index (κ1) is 16.3. The van der Waals surface area contributed by atoms with Gasteiger partial charge in [0.2, 0.25) is 0 Å². The highest BCUT2D eigenvalue weighted by molar-refractivity contribution is 4.91. The maximum atomic E-state index is 3.80. The van der Waals surface area contributed by atoms with Crippen molar-refractivity contribution in [1.29, 1.82) is 0 Å². The van der Waals surface area contributed by atoms with Crippen LogP contribution in [0.25, 0.3) is 0 Å². The minimum absolute atomic E-state index is 0.462. The van der Waals surface area contributed by atoms with Gasteiger partial charge in [-0.05, 0) is 43.6 Å². The molecule has 2 nitrogen and oxygen atoms in total. The largest absolute Gasteiger partial charge is 0.311 e. The zero-order valence-electron chi connectivity index (χ0n) is 14.3. The van der Waals surface area contributed by atoms with E-state index in [0.717, 1.165) is 18.0 Å². The number of rotatable bonds is 4. The summed E-state index contributed by atoms with van der Waals surface area (Å²) < 4.78 is 0. The molecule has 1 aliphatic heterocycles. The van der Waals surface area contributed by atoms with Crippen LogP contribution in [0.4, 0.5) is 0 Å². The van der Waals surface area contributed by atoms with E-state index in [2.05, 4.69) is 37.9 Å². The summed E-state index contributed by atoms with van der Waals surface area (Å²) in [5, 5.41) is 3.80. The van der Waals surface area contributed by atoms with Crippen molar-refractivity contribution >= 4 is 0 Å². The third-order valence-corrected chi connectivity index (χ3v) is 5.38. The van der Waals surface area contributed by atoms with Gasteiger partial charge in [0.05, 0.1) is 0 Å². The molecule has 0 bridgehead atoms. The van der Waals surface area contributed by atoms with E-state index in [9.17, 15) is 0 Å². The smallest absolute Gasteiger partial charge is 0.0249 e. The van der Waals surface area contributed by atoms with E-state index in [1.807, 2.05) is 0 Å². The Bertz CT molecular complexity index is 276. The lowest BCUT2D eigenvalue weighted by molar-refractivity contribution is 0.0617. The lowest BCUT2D eigenvalue weighted by Crippen LogP contribution is -2.59. The second-order valence-corrected chi connectivity index (χ2v) is 8.28. The zero-order chi connectivity index (χ0) is 14.6. The highest BCUT2D eigenvalue weighted by Crippen LogP contribution is 2.31. The van der Waals surface area contributed by atoms with Crippen LogP contribution >= 0.6 is 0 Å². The summed E-state index contributed by atoms with van der Waals surface area (Å²) in [4.78, 5) is 2.84. The molecule has 2 unspecified atom stereocenters. The van der Waals surface area contributed by atoms with E-state index < -0.39 is 0 Å². The minimum atomic E-state index is 0.462. The lowest BCUT2D eigenvalue weighted by atomic mass is 9.81. The van der Waals surface area contributed by atoms with E-state index in [4.69, 9.17) is 0 Å². The predicted molar refractivity (Wildman–Crippen MR) is 88.1 cm³/mol. The Labute approximate surface area is 126 Å². The van der Waals surface area contributed by atoms with Crippen LogP contribution in [-0.2, 0) is 0 Å². The zero-order valence-corrected chi connectivity index (χ0v) is 14.3. The van der Waals surface area contributed by atoms with Crippen LogP contribution in [0.15, 0.2) is 0 Å². The summed E-state index contributed by atoms with van der Waals surface area (Å²) in [6.07, 6.45) is 9.92. The monoisotopic (exact) mass is 280 g/mol. The van der Waals surface area contributed by atoms with Crippen LogP contribution in [-0.4, -0.2) is 36.6 Å². The average Bonchev–Trinajstić information content (AvgIpc) is 2.45. The second kappa shape index (κ2) is 7.26. The molecule has 2 aliphatic rings. The van der Waals surface area contributed by atoms with Crippen LogP contribution in [0.1, 0.15) is 72.6 Å². The third kappa shape index (κ3) is 4.73. The molecule has 118 valence electrons. The minimum Gasteiger partial charge on any atom is -0.311 e. The Morgan fingerprint density at radius 2 is 1.80 bits per heavy atom. The first-order chi connectivity index (χ1) is 9.49. The molecule has 2 fully saturated rings. The van der Waals surface area contributed by atoms with Crippen molar-refractivity contribution in [2.45, 2.75) is 84.7 Å². The topological polar surface area (TPSA) is 15.3 Å². The first-order valence-corrected chi connectivity index (χ1v) is 8.97. The van der Waals surface area contributed by atoms with Crippen molar-refractivity contribution in [3.63, 3.8) is 0 Å². The van der Waals surface area contributed by atoms with Crippen molar-refractivity contribution in [3.8, 4) is 0 Å². The summed E-state index contributed by atoms with van der Waals surface area (Å²) in [6.45, 7) is 13.2. The Kier molecular flexibility index (Phi) is 5.92. The molecule has 2 rings (SSSR count). The molecule has 1 heterocycles. The van der Waals surface area contributed by atoms with Crippen molar-refractivity contribution in [3.05, 3.63) is 0 Å². The SMILES string of the molecule is CCC1CN(CCC(C)(C)C)C(C2CCCCC2)CN1. The Balaban J connectivity index is 1.95. The number of nitrogens with one attached hydrogen (secondary N) is 1. The van der Waals surface area contributed by atoms with Gasteiger partial charge in [-0.1, -0.05) is 47.0 Å². The number of piperazine rings is 1.